The van der Waals surface area contributed by atoms with Crippen LogP contribution in [0.3, 0.4) is 0 Å². The predicted molar refractivity (Wildman–Crippen MR) is 48.2 cm³/mol. The Morgan fingerprint density at radius 2 is 2.18 bits per heavy atom. The van der Waals surface area contributed by atoms with Gasteiger partial charge in [0.05, 0.1) is 12.2 Å². The van der Waals surface area contributed by atoms with Crippen LogP contribution < -0.4 is 4.74 Å². The molecule has 0 aliphatic rings. The van der Waals surface area contributed by atoms with E-state index in [-0.39, 0.29) is 11.1 Å². The lowest BCUT2D eigenvalue weighted by Gasteiger charge is -2.08. The number of ether oxygens (including phenoxy) is 1. The number of hydrogen-bond donors (Lipinski definition) is 1. The van der Waals surface area contributed by atoms with Gasteiger partial charge in [-0.2, -0.15) is 0 Å². The summed E-state index contributed by atoms with van der Waals surface area (Å²) >= 11 is 0. The number of pyridine rings is 1. The highest BCUT2D eigenvalue weighted by atomic mass is 19.4. The minimum Gasteiger partial charge on any atom is -0.391 e. The Balaban J connectivity index is 3.25. The molecule has 1 aromatic heterocycles. The van der Waals surface area contributed by atoms with Gasteiger partial charge in [-0.15, -0.1) is 13.2 Å². The van der Waals surface area contributed by atoms with Crippen LogP contribution >= 0.6 is 0 Å². The molecule has 0 saturated heterocycles. The smallest absolute Gasteiger partial charge is 0.391 e. The van der Waals surface area contributed by atoms with Crippen LogP contribution in [-0.2, 0) is 6.61 Å². The highest BCUT2D eigenvalue weighted by Crippen LogP contribution is 2.28. The molecule has 0 aliphatic carbocycles. The van der Waals surface area contributed by atoms with Gasteiger partial charge in [-0.05, 0) is 17.9 Å². The number of alkyl halides is 3. The number of halogens is 3. The van der Waals surface area contributed by atoms with E-state index in [9.17, 15) is 23.3 Å². The monoisotopic (exact) mass is 252 g/mol. The summed E-state index contributed by atoms with van der Waals surface area (Å²) < 4.78 is 39.4. The molecule has 6 nitrogen and oxygen atoms in total. The second-order valence-electron chi connectivity index (χ2n) is 3.06. The van der Waals surface area contributed by atoms with E-state index in [4.69, 9.17) is 5.11 Å². The van der Waals surface area contributed by atoms with Gasteiger partial charge in [0.15, 0.2) is 0 Å². The van der Waals surface area contributed by atoms with Crippen molar-refractivity contribution in [2.75, 3.05) is 0 Å². The Hall–Kier alpha value is -1.90. The van der Waals surface area contributed by atoms with E-state index in [0.29, 0.717) is 0 Å². The highest BCUT2D eigenvalue weighted by Gasteiger charge is 2.35. The SMILES string of the molecule is Cc1cc(CO)c([N+](=O)[O-])nc1OC(F)(F)F. The maximum absolute atomic E-state index is 12.0. The molecule has 1 N–H and O–H groups in total. The first-order valence-electron chi connectivity index (χ1n) is 4.26. The van der Waals surface area contributed by atoms with Crippen LogP contribution in [0.2, 0.25) is 0 Å². The van der Waals surface area contributed by atoms with Crippen LogP contribution in [0.5, 0.6) is 5.88 Å². The van der Waals surface area contributed by atoms with Crippen LogP contribution in [0, 0.1) is 17.0 Å². The fraction of sp³-hybridized carbons (Fsp3) is 0.375. The Bertz CT molecular complexity index is 447. The molecule has 0 spiro atoms. The van der Waals surface area contributed by atoms with Crippen molar-refractivity contribution in [1.82, 2.24) is 4.98 Å². The van der Waals surface area contributed by atoms with Gasteiger partial charge in [0.2, 0.25) is 0 Å². The van der Waals surface area contributed by atoms with Crippen molar-refractivity contribution in [3.05, 3.63) is 27.3 Å². The van der Waals surface area contributed by atoms with Crippen molar-refractivity contribution < 1.29 is 27.9 Å². The number of aromatic nitrogens is 1. The summed E-state index contributed by atoms with van der Waals surface area (Å²) in [5.41, 5.74) is -0.237. The number of aryl methyl sites for hydroxylation is 1. The second-order valence-corrected chi connectivity index (χ2v) is 3.06. The molecule has 0 amide bonds. The largest absolute Gasteiger partial charge is 0.575 e. The summed E-state index contributed by atoms with van der Waals surface area (Å²) in [5, 5.41) is 19.3. The van der Waals surface area contributed by atoms with E-state index in [1.807, 2.05) is 0 Å². The van der Waals surface area contributed by atoms with Crippen molar-refractivity contribution >= 4 is 5.82 Å². The Morgan fingerprint density at radius 1 is 1.59 bits per heavy atom. The number of aliphatic hydroxyl groups excluding tert-OH is 1. The first-order valence-corrected chi connectivity index (χ1v) is 4.26. The number of nitro groups is 1. The van der Waals surface area contributed by atoms with Crippen molar-refractivity contribution in [2.24, 2.45) is 0 Å². The van der Waals surface area contributed by atoms with Gasteiger partial charge in [0.1, 0.15) is 0 Å². The molecule has 0 atom stereocenters. The average Bonchev–Trinajstić information content (AvgIpc) is 2.18. The summed E-state index contributed by atoms with van der Waals surface area (Å²) in [5.74, 6) is -1.77. The maximum atomic E-state index is 12.0. The minimum absolute atomic E-state index is 0.0584. The van der Waals surface area contributed by atoms with E-state index in [1.54, 1.807) is 0 Å². The van der Waals surface area contributed by atoms with Crippen molar-refractivity contribution in [2.45, 2.75) is 19.9 Å². The van der Waals surface area contributed by atoms with Crippen molar-refractivity contribution in [1.29, 1.82) is 0 Å². The van der Waals surface area contributed by atoms with Gasteiger partial charge in [0.25, 0.3) is 0 Å². The lowest BCUT2D eigenvalue weighted by atomic mass is 10.2. The van der Waals surface area contributed by atoms with E-state index < -0.39 is 29.6 Å². The standard InChI is InChI=1S/C8H7F3N2O4/c1-4-2-5(3-14)6(13(15)16)12-7(4)17-8(9,10)11/h2,14H,3H2,1H3. The average molecular weight is 252 g/mol. The lowest BCUT2D eigenvalue weighted by Crippen LogP contribution is -2.19. The molecule has 94 valence electrons. The van der Waals surface area contributed by atoms with Crippen molar-refractivity contribution in [3.63, 3.8) is 0 Å². The van der Waals surface area contributed by atoms with E-state index >= 15 is 0 Å². The van der Waals surface area contributed by atoms with Crippen LogP contribution in [0.25, 0.3) is 0 Å². The van der Waals surface area contributed by atoms with E-state index in [2.05, 4.69) is 9.72 Å². The van der Waals surface area contributed by atoms with Crippen LogP contribution in [0.1, 0.15) is 11.1 Å². The summed E-state index contributed by atoms with van der Waals surface area (Å²) in [4.78, 5) is 12.6. The molecular weight excluding hydrogens is 245 g/mol. The summed E-state index contributed by atoms with van der Waals surface area (Å²) in [7, 11) is 0. The van der Waals surface area contributed by atoms with Crippen LogP contribution in [0.15, 0.2) is 6.07 Å². The molecule has 0 aliphatic heterocycles. The molecule has 1 heterocycles. The third kappa shape index (κ3) is 3.28. The number of rotatable bonds is 3. The fourth-order valence-electron chi connectivity index (χ4n) is 1.13. The topological polar surface area (TPSA) is 85.5 Å². The van der Waals surface area contributed by atoms with E-state index in [1.165, 1.54) is 6.92 Å². The molecule has 0 aromatic carbocycles. The minimum atomic E-state index is -4.98. The van der Waals surface area contributed by atoms with Gasteiger partial charge in [-0.25, -0.2) is 0 Å². The van der Waals surface area contributed by atoms with E-state index in [0.717, 1.165) is 6.07 Å². The van der Waals surface area contributed by atoms with Gasteiger partial charge in [-0.1, -0.05) is 0 Å². The molecule has 0 unspecified atom stereocenters. The lowest BCUT2D eigenvalue weighted by molar-refractivity contribution is -0.391. The zero-order valence-corrected chi connectivity index (χ0v) is 8.48. The Morgan fingerprint density at radius 3 is 2.59 bits per heavy atom. The second kappa shape index (κ2) is 4.53. The summed E-state index contributed by atoms with van der Waals surface area (Å²) in [6.45, 7) is 0.535. The molecule has 0 bridgehead atoms. The van der Waals surface area contributed by atoms with Gasteiger partial charge >= 0.3 is 18.1 Å². The third-order valence-electron chi connectivity index (χ3n) is 1.78. The molecule has 1 aromatic rings. The van der Waals surface area contributed by atoms with Crippen molar-refractivity contribution in [3.8, 4) is 5.88 Å². The molecule has 0 fully saturated rings. The molecule has 17 heavy (non-hydrogen) atoms. The summed E-state index contributed by atoms with van der Waals surface area (Å²) in [6.07, 6.45) is -4.98. The first-order chi connectivity index (χ1) is 7.74. The normalized spacial score (nSPS) is 11.4. The highest BCUT2D eigenvalue weighted by molar-refractivity contribution is 5.40. The van der Waals surface area contributed by atoms with Gasteiger partial charge < -0.3 is 20.0 Å². The fourth-order valence-corrected chi connectivity index (χ4v) is 1.13. The zero-order valence-electron chi connectivity index (χ0n) is 8.48. The molecule has 0 radical (unpaired) electrons. The predicted octanol–water partition coefficient (Wildman–Crippen LogP) is 1.69. The molecular formula is C8H7F3N2O4. The quantitative estimate of drug-likeness (QED) is 0.653. The van der Waals surface area contributed by atoms with Crippen LogP contribution in [-0.4, -0.2) is 21.4 Å². The summed E-state index contributed by atoms with van der Waals surface area (Å²) in [6, 6.07) is 1.02. The zero-order chi connectivity index (χ0) is 13.2. The number of hydrogen-bond acceptors (Lipinski definition) is 5. The molecule has 9 heteroatoms. The Kier molecular flexibility index (Phi) is 3.51. The number of nitrogens with zero attached hydrogens (tertiary/aromatic N) is 2. The van der Waals surface area contributed by atoms with Crippen LogP contribution in [0.4, 0.5) is 19.0 Å². The third-order valence-corrected chi connectivity index (χ3v) is 1.78. The number of aliphatic hydroxyl groups is 1. The van der Waals surface area contributed by atoms with Gasteiger partial charge in [-0.3, -0.25) is 0 Å². The Labute approximate surface area is 92.8 Å². The first kappa shape index (κ1) is 13.2. The van der Waals surface area contributed by atoms with Gasteiger partial charge in [0, 0.05) is 10.5 Å². The maximum Gasteiger partial charge on any atom is 0.575 e. The molecule has 1 rings (SSSR count). The molecule has 0 saturated carbocycles.